The van der Waals surface area contributed by atoms with Crippen molar-refractivity contribution in [3.63, 3.8) is 0 Å². The molecule has 3 nitrogen and oxygen atoms in total. The fourth-order valence-electron chi connectivity index (χ4n) is 2.46. The minimum Gasteiger partial charge on any atom is -0.295 e. The van der Waals surface area contributed by atoms with Crippen molar-refractivity contribution in [2.24, 2.45) is 4.99 Å². The van der Waals surface area contributed by atoms with Gasteiger partial charge in [0, 0.05) is 13.0 Å². The second kappa shape index (κ2) is 4.96. The van der Waals surface area contributed by atoms with Crippen molar-refractivity contribution in [1.29, 1.82) is 0 Å². The van der Waals surface area contributed by atoms with E-state index in [4.69, 9.17) is 0 Å². The molecule has 1 aromatic rings. The summed E-state index contributed by atoms with van der Waals surface area (Å²) in [5.41, 5.74) is 1.26. The molecule has 0 aromatic heterocycles. The highest BCUT2D eigenvalue weighted by Gasteiger charge is 2.30. The molecule has 2 heterocycles. The van der Waals surface area contributed by atoms with E-state index in [0.29, 0.717) is 5.70 Å². The van der Waals surface area contributed by atoms with Gasteiger partial charge in [0.25, 0.3) is 5.91 Å². The summed E-state index contributed by atoms with van der Waals surface area (Å²) in [4.78, 5) is 18.4. The second-order valence-corrected chi connectivity index (χ2v) is 4.88. The molecule has 0 spiro atoms. The molecule has 3 rings (SSSR count). The lowest BCUT2D eigenvalue weighted by Gasteiger charge is -2.13. The first-order valence-corrected chi connectivity index (χ1v) is 6.61. The lowest BCUT2D eigenvalue weighted by atomic mass is 10.2. The minimum atomic E-state index is -0.278. The normalized spacial score (nSPS) is 21.3. The molecule has 1 saturated heterocycles. The molecule has 0 aliphatic carbocycles. The molecule has 98 valence electrons. The summed E-state index contributed by atoms with van der Waals surface area (Å²) < 4.78 is 12.8. The van der Waals surface area contributed by atoms with E-state index >= 15 is 0 Å². The van der Waals surface area contributed by atoms with Crippen LogP contribution in [-0.2, 0) is 4.79 Å². The number of carbonyl (C=O) groups is 1. The van der Waals surface area contributed by atoms with Crippen LogP contribution in [0.25, 0.3) is 6.08 Å². The quantitative estimate of drug-likeness (QED) is 0.713. The number of aliphatic imine (C=N–C) groups is 1. The number of amidine groups is 1. The predicted molar refractivity (Wildman–Crippen MR) is 72.0 cm³/mol. The fourth-order valence-corrected chi connectivity index (χ4v) is 2.46. The summed E-state index contributed by atoms with van der Waals surface area (Å²) in [6.07, 6.45) is 5.87. The highest BCUT2D eigenvalue weighted by Crippen LogP contribution is 2.24. The number of fused-ring (bicyclic) bond motifs is 1. The van der Waals surface area contributed by atoms with E-state index in [-0.39, 0.29) is 11.7 Å². The van der Waals surface area contributed by atoms with Crippen molar-refractivity contribution in [2.45, 2.75) is 25.7 Å². The average Bonchev–Trinajstić information content (AvgIpc) is 2.60. The largest absolute Gasteiger partial charge is 0.295 e. The SMILES string of the molecule is O=C1/C(=C\c2ccc(F)cc2)N=C2CCCCCN12. The van der Waals surface area contributed by atoms with Crippen LogP contribution in [0.2, 0.25) is 0 Å². The second-order valence-electron chi connectivity index (χ2n) is 4.88. The first-order chi connectivity index (χ1) is 9.24. The van der Waals surface area contributed by atoms with Gasteiger partial charge in [-0.25, -0.2) is 9.38 Å². The lowest BCUT2D eigenvalue weighted by Crippen LogP contribution is -2.31. The third kappa shape index (κ3) is 2.43. The van der Waals surface area contributed by atoms with E-state index in [0.717, 1.165) is 43.6 Å². The Labute approximate surface area is 111 Å². The number of hydrogen-bond acceptors (Lipinski definition) is 2. The molecule has 1 amide bonds. The van der Waals surface area contributed by atoms with Crippen molar-refractivity contribution in [3.8, 4) is 0 Å². The average molecular weight is 258 g/mol. The highest BCUT2D eigenvalue weighted by molar-refractivity contribution is 6.14. The number of carbonyl (C=O) groups excluding carboxylic acids is 1. The van der Waals surface area contributed by atoms with Gasteiger partial charge in [0.05, 0.1) is 0 Å². The van der Waals surface area contributed by atoms with Crippen molar-refractivity contribution in [1.82, 2.24) is 4.90 Å². The number of halogens is 1. The first-order valence-electron chi connectivity index (χ1n) is 6.61. The first kappa shape index (κ1) is 12.1. The van der Waals surface area contributed by atoms with Crippen LogP contribution >= 0.6 is 0 Å². The van der Waals surface area contributed by atoms with Crippen molar-refractivity contribution in [2.75, 3.05) is 6.54 Å². The zero-order valence-corrected chi connectivity index (χ0v) is 10.6. The molecular formula is C15H15FN2O. The molecular weight excluding hydrogens is 243 g/mol. The zero-order chi connectivity index (χ0) is 13.2. The molecule has 1 aromatic carbocycles. The van der Waals surface area contributed by atoms with Gasteiger partial charge in [-0.3, -0.25) is 9.69 Å². The van der Waals surface area contributed by atoms with Gasteiger partial charge in [-0.1, -0.05) is 18.6 Å². The summed E-state index contributed by atoms with van der Waals surface area (Å²) in [7, 11) is 0. The Morgan fingerprint density at radius 2 is 1.95 bits per heavy atom. The van der Waals surface area contributed by atoms with Crippen LogP contribution < -0.4 is 0 Å². The molecule has 0 atom stereocenters. The lowest BCUT2D eigenvalue weighted by molar-refractivity contribution is -0.122. The van der Waals surface area contributed by atoms with Gasteiger partial charge in [0.1, 0.15) is 17.3 Å². The summed E-state index contributed by atoms with van der Waals surface area (Å²) in [6.45, 7) is 0.762. The van der Waals surface area contributed by atoms with Gasteiger partial charge in [0.15, 0.2) is 0 Å². The van der Waals surface area contributed by atoms with Crippen LogP contribution in [0.5, 0.6) is 0 Å². The molecule has 4 heteroatoms. The summed E-state index contributed by atoms with van der Waals surface area (Å²) >= 11 is 0. The van der Waals surface area contributed by atoms with Gasteiger partial charge in [-0.15, -0.1) is 0 Å². The van der Waals surface area contributed by atoms with E-state index < -0.39 is 0 Å². The summed E-state index contributed by atoms with van der Waals surface area (Å²) in [6, 6.07) is 6.08. The third-order valence-corrected chi connectivity index (χ3v) is 3.48. The highest BCUT2D eigenvalue weighted by atomic mass is 19.1. The number of rotatable bonds is 1. The van der Waals surface area contributed by atoms with Crippen molar-refractivity contribution < 1.29 is 9.18 Å². The molecule has 0 radical (unpaired) electrons. The standard InChI is InChI=1S/C15H15FN2O/c16-12-7-5-11(6-8-12)10-13-15(19)18-9-3-1-2-4-14(18)17-13/h5-8,10H,1-4,9H2/b13-10+. The van der Waals surface area contributed by atoms with Gasteiger partial charge < -0.3 is 0 Å². The molecule has 1 fully saturated rings. The fraction of sp³-hybridized carbons (Fsp3) is 0.333. The van der Waals surface area contributed by atoms with Gasteiger partial charge >= 0.3 is 0 Å². The molecule has 0 N–H and O–H groups in total. The van der Waals surface area contributed by atoms with Gasteiger partial charge in [0.2, 0.25) is 0 Å². The maximum atomic E-state index is 12.8. The Kier molecular flexibility index (Phi) is 3.15. The van der Waals surface area contributed by atoms with Crippen LogP contribution in [-0.4, -0.2) is 23.2 Å². The van der Waals surface area contributed by atoms with Crippen molar-refractivity contribution in [3.05, 3.63) is 41.3 Å². The topological polar surface area (TPSA) is 32.7 Å². The molecule has 19 heavy (non-hydrogen) atoms. The maximum Gasteiger partial charge on any atom is 0.277 e. The van der Waals surface area contributed by atoms with Gasteiger partial charge in [-0.2, -0.15) is 0 Å². The number of amides is 1. The Morgan fingerprint density at radius 1 is 1.16 bits per heavy atom. The van der Waals surface area contributed by atoms with E-state index in [9.17, 15) is 9.18 Å². The summed E-state index contributed by atoms with van der Waals surface area (Å²) in [5.74, 6) is 0.581. The summed E-state index contributed by atoms with van der Waals surface area (Å²) in [5, 5.41) is 0. The maximum absolute atomic E-state index is 12.8. The van der Waals surface area contributed by atoms with Crippen LogP contribution in [0.15, 0.2) is 35.0 Å². The zero-order valence-electron chi connectivity index (χ0n) is 10.6. The van der Waals surface area contributed by atoms with E-state index in [1.807, 2.05) is 0 Å². The molecule has 0 bridgehead atoms. The van der Waals surface area contributed by atoms with Crippen LogP contribution in [0.1, 0.15) is 31.2 Å². The minimum absolute atomic E-state index is 0.0266. The van der Waals surface area contributed by atoms with E-state index in [2.05, 4.69) is 4.99 Å². The molecule has 0 unspecified atom stereocenters. The Morgan fingerprint density at radius 3 is 2.74 bits per heavy atom. The molecule has 2 aliphatic rings. The van der Waals surface area contributed by atoms with Crippen LogP contribution in [0.3, 0.4) is 0 Å². The number of nitrogens with zero attached hydrogens (tertiary/aromatic N) is 2. The predicted octanol–water partition coefficient (Wildman–Crippen LogP) is 2.98. The van der Waals surface area contributed by atoms with Crippen molar-refractivity contribution >= 4 is 17.8 Å². The Bertz CT molecular complexity index is 560. The van der Waals surface area contributed by atoms with E-state index in [1.54, 1.807) is 23.1 Å². The smallest absolute Gasteiger partial charge is 0.277 e. The van der Waals surface area contributed by atoms with Crippen LogP contribution in [0, 0.1) is 5.82 Å². The Hall–Kier alpha value is -1.97. The Balaban J connectivity index is 1.89. The number of benzene rings is 1. The third-order valence-electron chi connectivity index (χ3n) is 3.48. The van der Waals surface area contributed by atoms with Gasteiger partial charge in [-0.05, 0) is 36.6 Å². The van der Waals surface area contributed by atoms with E-state index in [1.165, 1.54) is 12.1 Å². The monoisotopic (exact) mass is 258 g/mol. The number of hydrogen-bond donors (Lipinski definition) is 0. The molecule has 2 aliphatic heterocycles. The van der Waals surface area contributed by atoms with Crippen LogP contribution in [0.4, 0.5) is 4.39 Å². The molecule has 0 saturated carbocycles.